The van der Waals surface area contributed by atoms with Crippen LogP contribution in [0.5, 0.6) is 5.75 Å². The van der Waals surface area contributed by atoms with Gasteiger partial charge >= 0.3 is 6.18 Å². The Morgan fingerprint density at radius 3 is 2.65 bits per heavy atom. The highest BCUT2D eigenvalue weighted by molar-refractivity contribution is 5.96. The van der Waals surface area contributed by atoms with Crippen LogP contribution in [-0.2, 0) is 0 Å². The van der Waals surface area contributed by atoms with Gasteiger partial charge in [0.05, 0.1) is 7.11 Å². The lowest BCUT2D eigenvalue weighted by atomic mass is 10.0. The van der Waals surface area contributed by atoms with Crippen molar-refractivity contribution in [3.8, 4) is 5.75 Å². The van der Waals surface area contributed by atoms with Gasteiger partial charge in [0.2, 0.25) is 0 Å². The summed E-state index contributed by atoms with van der Waals surface area (Å²) in [5.74, 6) is -0.411. The van der Waals surface area contributed by atoms with Gasteiger partial charge in [-0.1, -0.05) is 12.1 Å². The topological polar surface area (TPSA) is 46.5 Å². The predicted molar refractivity (Wildman–Crippen MR) is 54.0 cm³/mol. The lowest BCUT2D eigenvalue weighted by Gasteiger charge is -2.13. The SMILES string of the molecule is COc1cccc(C(=O)CC(O)C(F)(F)F)c1. The first-order valence-electron chi connectivity index (χ1n) is 4.76. The second kappa shape index (κ2) is 5.18. The maximum atomic E-state index is 12.0. The standard InChI is InChI=1S/C11H11F3O3/c1-17-8-4-2-3-7(5-8)9(15)6-10(16)11(12,13)14/h2-5,10,16H,6H2,1H3. The van der Waals surface area contributed by atoms with Crippen LogP contribution in [0.25, 0.3) is 0 Å². The molecule has 94 valence electrons. The Kier molecular flexibility index (Phi) is 4.11. The number of carbonyl (C=O) groups excluding carboxylic acids is 1. The van der Waals surface area contributed by atoms with Crippen molar-refractivity contribution in [3.63, 3.8) is 0 Å². The number of aliphatic hydroxyl groups is 1. The molecule has 0 radical (unpaired) electrons. The molecule has 0 bridgehead atoms. The minimum Gasteiger partial charge on any atom is -0.497 e. The first-order valence-corrected chi connectivity index (χ1v) is 4.76. The number of benzene rings is 1. The smallest absolute Gasteiger partial charge is 0.414 e. The number of hydrogen-bond acceptors (Lipinski definition) is 3. The van der Waals surface area contributed by atoms with E-state index in [4.69, 9.17) is 9.84 Å². The summed E-state index contributed by atoms with van der Waals surface area (Å²) in [7, 11) is 1.38. The highest BCUT2D eigenvalue weighted by Crippen LogP contribution is 2.24. The average Bonchev–Trinajstić information content (AvgIpc) is 2.27. The molecule has 6 heteroatoms. The van der Waals surface area contributed by atoms with Gasteiger partial charge < -0.3 is 9.84 Å². The van der Waals surface area contributed by atoms with E-state index in [0.29, 0.717) is 5.75 Å². The zero-order chi connectivity index (χ0) is 13.1. The molecular formula is C11H11F3O3. The first kappa shape index (κ1) is 13.5. The Balaban J connectivity index is 2.76. The van der Waals surface area contributed by atoms with Crippen molar-refractivity contribution in [2.24, 2.45) is 0 Å². The van der Waals surface area contributed by atoms with E-state index >= 15 is 0 Å². The number of ketones is 1. The highest BCUT2D eigenvalue weighted by atomic mass is 19.4. The number of ether oxygens (including phenoxy) is 1. The van der Waals surface area contributed by atoms with Crippen LogP contribution in [0.15, 0.2) is 24.3 Å². The lowest BCUT2D eigenvalue weighted by molar-refractivity contribution is -0.202. The van der Waals surface area contributed by atoms with Gasteiger partial charge in [-0.2, -0.15) is 13.2 Å². The van der Waals surface area contributed by atoms with Crippen LogP contribution in [0.3, 0.4) is 0 Å². The summed E-state index contributed by atoms with van der Waals surface area (Å²) in [6, 6.07) is 5.75. The average molecular weight is 248 g/mol. The predicted octanol–water partition coefficient (Wildman–Crippen LogP) is 2.19. The van der Waals surface area contributed by atoms with E-state index in [1.54, 1.807) is 6.07 Å². The summed E-state index contributed by atoms with van der Waals surface area (Å²) in [6.07, 6.45) is -8.41. The summed E-state index contributed by atoms with van der Waals surface area (Å²) >= 11 is 0. The van der Waals surface area contributed by atoms with Crippen LogP contribution < -0.4 is 4.74 Å². The number of carbonyl (C=O) groups is 1. The number of alkyl halides is 3. The summed E-state index contributed by atoms with van der Waals surface area (Å²) in [5, 5.41) is 8.77. The third kappa shape index (κ3) is 3.74. The summed E-state index contributed by atoms with van der Waals surface area (Å²) in [5.41, 5.74) is 0.0765. The van der Waals surface area contributed by atoms with E-state index in [1.165, 1.54) is 25.3 Å². The van der Waals surface area contributed by atoms with E-state index in [0.717, 1.165) is 0 Å². The molecule has 0 saturated heterocycles. The van der Waals surface area contributed by atoms with Gasteiger partial charge in [-0.25, -0.2) is 0 Å². The Hall–Kier alpha value is -1.56. The molecule has 1 N–H and O–H groups in total. The van der Waals surface area contributed by atoms with Crippen LogP contribution in [0.1, 0.15) is 16.8 Å². The van der Waals surface area contributed by atoms with E-state index < -0.39 is 24.5 Å². The van der Waals surface area contributed by atoms with Crippen molar-refractivity contribution in [1.82, 2.24) is 0 Å². The van der Waals surface area contributed by atoms with Gasteiger partial charge in [0.15, 0.2) is 11.9 Å². The zero-order valence-electron chi connectivity index (χ0n) is 8.99. The molecule has 0 amide bonds. The van der Waals surface area contributed by atoms with Crippen molar-refractivity contribution in [3.05, 3.63) is 29.8 Å². The monoisotopic (exact) mass is 248 g/mol. The number of aliphatic hydroxyl groups excluding tert-OH is 1. The molecule has 3 nitrogen and oxygen atoms in total. The molecule has 0 aliphatic rings. The minimum absolute atomic E-state index is 0.0765. The molecule has 0 aliphatic carbocycles. The Bertz CT molecular complexity index is 401. The van der Waals surface area contributed by atoms with Crippen molar-refractivity contribution in [2.75, 3.05) is 7.11 Å². The molecule has 1 rings (SSSR count). The zero-order valence-corrected chi connectivity index (χ0v) is 8.99. The normalized spacial score (nSPS) is 13.2. The highest BCUT2D eigenvalue weighted by Gasteiger charge is 2.39. The lowest BCUT2D eigenvalue weighted by Crippen LogP contribution is -2.30. The second-order valence-electron chi connectivity index (χ2n) is 3.42. The molecule has 0 fully saturated rings. The van der Waals surface area contributed by atoms with Crippen molar-refractivity contribution in [1.29, 1.82) is 0 Å². The van der Waals surface area contributed by atoms with E-state index in [-0.39, 0.29) is 5.56 Å². The number of methoxy groups -OCH3 is 1. The Morgan fingerprint density at radius 2 is 2.12 bits per heavy atom. The van der Waals surface area contributed by atoms with Crippen LogP contribution in [0, 0.1) is 0 Å². The Labute approximate surface area is 95.8 Å². The first-order chi connectivity index (χ1) is 7.84. The van der Waals surface area contributed by atoms with Crippen molar-refractivity contribution >= 4 is 5.78 Å². The third-order valence-electron chi connectivity index (χ3n) is 2.15. The van der Waals surface area contributed by atoms with Gasteiger partial charge in [0.25, 0.3) is 0 Å². The van der Waals surface area contributed by atoms with Crippen molar-refractivity contribution < 1.29 is 27.8 Å². The molecule has 1 atom stereocenters. The van der Waals surface area contributed by atoms with Gasteiger partial charge in [-0.05, 0) is 12.1 Å². The molecule has 0 aromatic heterocycles. The maximum Gasteiger partial charge on any atom is 0.414 e. The summed E-state index contributed by atoms with van der Waals surface area (Å²) in [4.78, 5) is 11.5. The molecule has 17 heavy (non-hydrogen) atoms. The van der Waals surface area contributed by atoms with E-state index in [9.17, 15) is 18.0 Å². The molecular weight excluding hydrogens is 237 g/mol. The van der Waals surface area contributed by atoms with Crippen LogP contribution in [-0.4, -0.2) is 30.3 Å². The summed E-state index contributed by atoms with van der Waals surface area (Å²) < 4.78 is 41.0. The van der Waals surface area contributed by atoms with Crippen LogP contribution in [0.2, 0.25) is 0 Å². The summed E-state index contributed by atoms with van der Waals surface area (Å²) in [6.45, 7) is 0. The van der Waals surface area contributed by atoms with Gasteiger partial charge in [0.1, 0.15) is 5.75 Å². The molecule has 0 spiro atoms. The Morgan fingerprint density at radius 1 is 1.47 bits per heavy atom. The molecule has 0 aliphatic heterocycles. The van der Waals surface area contributed by atoms with E-state index in [1.807, 2.05) is 0 Å². The van der Waals surface area contributed by atoms with Crippen molar-refractivity contribution in [2.45, 2.75) is 18.7 Å². The number of Topliss-reactive ketones (excluding diaryl/α,β-unsaturated/α-hetero) is 1. The molecule has 1 aromatic carbocycles. The molecule has 0 heterocycles. The molecule has 1 unspecified atom stereocenters. The van der Waals surface area contributed by atoms with E-state index in [2.05, 4.69) is 0 Å². The number of halogens is 3. The van der Waals surface area contributed by atoms with Gasteiger partial charge in [0, 0.05) is 12.0 Å². The van der Waals surface area contributed by atoms with Gasteiger partial charge in [-0.15, -0.1) is 0 Å². The molecule has 1 aromatic rings. The largest absolute Gasteiger partial charge is 0.497 e. The van der Waals surface area contributed by atoms with Crippen LogP contribution in [0.4, 0.5) is 13.2 Å². The number of rotatable bonds is 4. The fourth-order valence-corrected chi connectivity index (χ4v) is 1.21. The quantitative estimate of drug-likeness (QED) is 0.831. The second-order valence-corrected chi connectivity index (χ2v) is 3.42. The number of hydrogen-bond donors (Lipinski definition) is 1. The van der Waals surface area contributed by atoms with Gasteiger partial charge in [-0.3, -0.25) is 4.79 Å². The maximum absolute atomic E-state index is 12.0. The third-order valence-corrected chi connectivity index (χ3v) is 2.15. The fraction of sp³-hybridized carbons (Fsp3) is 0.364. The fourth-order valence-electron chi connectivity index (χ4n) is 1.21. The molecule has 0 saturated carbocycles. The van der Waals surface area contributed by atoms with Crippen LogP contribution >= 0.6 is 0 Å². The minimum atomic E-state index is -4.78.